The van der Waals surface area contributed by atoms with Crippen LogP contribution in [0.5, 0.6) is 5.75 Å². The van der Waals surface area contributed by atoms with Crippen LogP contribution in [0.2, 0.25) is 0 Å². The lowest BCUT2D eigenvalue weighted by Gasteiger charge is -2.36. The third-order valence-electron chi connectivity index (χ3n) is 3.70. The molecule has 1 amide bonds. The van der Waals surface area contributed by atoms with E-state index in [9.17, 15) is 9.90 Å². The SMILES string of the molecule is CCCC1(C(=O)Nc2ncccc2O)CCCNC1. The Labute approximate surface area is 113 Å². The van der Waals surface area contributed by atoms with Gasteiger partial charge in [-0.2, -0.15) is 0 Å². The molecular formula is C14H21N3O2. The molecule has 1 aliphatic rings. The minimum atomic E-state index is -0.378. The molecule has 1 fully saturated rings. The molecule has 1 aromatic rings. The number of carbonyl (C=O) groups is 1. The van der Waals surface area contributed by atoms with Crippen LogP contribution in [0, 0.1) is 5.41 Å². The van der Waals surface area contributed by atoms with Crippen molar-refractivity contribution in [2.45, 2.75) is 32.6 Å². The summed E-state index contributed by atoms with van der Waals surface area (Å²) in [6.07, 6.45) is 5.25. The van der Waals surface area contributed by atoms with Crippen LogP contribution in [0.4, 0.5) is 5.82 Å². The Kier molecular flexibility index (Phi) is 4.37. The first-order valence-corrected chi connectivity index (χ1v) is 6.84. The van der Waals surface area contributed by atoms with Gasteiger partial charge in [-0.25, -0.2) is 4.98 Å². The van der Waals surface area contributed by atoms with Gasteiger partial charge in [-0.3, -0.25) is 4.79 Å². The molecule has 1 aliphatic heterocycles. The first kappa shape index (κ1) is 13.8. The summed E-state index contributed by atoms with van der Waals surface area (Å²) in [6, 6.07) is 3.16. The van der Waals surface area contributed by atoms with Crippen LogP contribution < -0.4 is 10.6 Å². The minimum absolute atomic E-state index is 0.00580. The standard InChI is InChI=1S/C14H21N3O2/c1-2-6-14(7-4-8-15-10-14)13(19)17-12-11(18)5-3-9-16-12/h3,5,9,15,18H,2,4,6-8,10H2,1H3,(H,16,17,19). The maximum absolute atomic E-state index is 12.5. The molecule has 1 saturated heterocycles. The molecule has 0 saturated carbocycles. The molecule has 1 aromatic heterocycles. The second kappa shape index (κ2) is 6.02. The van der Waals surface area contributed by atoms with E-state index in [1.165, 1.54) is 6.07 Å². The molecular weight excluding hydrogens is 242 g/mol. The third-order valence-corrected chi connectivity index (χ3v) is 3.70. The largest absolute Gasteiger partial charge is 0.504 e. The maximum Gasteiger partial charge on any atom is 0.233 e. The molecule has 19 heavy (non-hydrogen) atoms. The Morgan fingerprint density at radius 3 is 3.11 bits per heavy atom. The van der Waals surface area contributed by atoms with E-state index in [0.717, 1.165) is 32.2 Å². The topological polar surface area (TPSA) is 74.2 Å². The zero-order valence-corrected chi connectivity index (χ0v) is 11.3. The molecule has 104 valence electrons. The summed E-state index contributed by atoms with van der Waals surface area (Å²) in [7, 11) is 0. The van der Waals surface area contributed by atoms with Gasteiger partial charge in [0.2, 0.25) is 5.91 Å². The van der Waals surface area contributed by atoms with Gasteiger partial charge in [0.05, 0.1) is 5.41 Å². The summed E-state index contributed by atoms with van der Waals surface area (Å²) in [6.45, 7) is 3.75. The molecule has 0 aliphatic carbocycles. The number of piperidine rings is 1. The summed E-state index contributed by atoms with van der Waals surface area (Å²) in [4.78, 5) is 16.5. The van der Waals surface area contributed by atoms with E-state index in [0.29, 0.717) is 6.54 Å². The lowest BCUT2D eigenvalue weighted by Crippen LogP contribution is -2.48. The molecule has 5 nitrogen and oxygen atoms in total. The Bertz CT molecular complexity index is 437. The fourth-order valence-electron chi connectivity index (χ4n) is 2.70. The molecule has 2 heterocycles. The van der Waals surface area contributed by atoms with Crippen LogP contribution in [-0.4, -0.2) is 29.1 Å². The zero-order chi connectivity index (χ0) is 13.7. The van der Waals surface area contributed by atoms with Crippen molar-refractivity contribution in [3.8, 4) is 5.75 Å². The van der Waals surface area contributed by atoms with E-state index in [2.05, 4.69) is 22.5 Å². The van der Waals surface area contributed by atoms with E-state index in [-0.39, 0.29) is 22.9 Å². The molecule has 3 N–H and O–H groups in total. The number of hydrogen-bond donors (Lipinski definition) is 3. The van der Waals surface area contributed by atoms with Crippen molar-refractivity contribution in [1.82, 2.24) is 10.3 Å². The van der Waals surface area contributed by atoms with Crippen molar-refractivity contribution in [1.29, 1.82) is 0 Å². The van der Waals surface area contributed by atoms with E-state index < -0.39 is 0 Å². The van der Waals surface area contributed by atoms with Gasteiger partial charge < -0.3 is 15.7 Å². The smallest absolute Gasteiger partial charge is 0.233 e. The van der Waals surface area contributed by atoms with Gasteiger partial charge >= 0.3 is 0 Å². The van der Waals surface area contributed by atoms with Gasteiger partial charge in [-0.15, -0.1) is 0 Å². The van der Waals surface area contributed by atoms with Gasteiger partial charge in [-0.05, 0) is 37.9 Å². The Morgan fingerprint density at radius 1 is 1.63 bits per heavy atom. The van der Waals surface area contributed by atoms with Crippen LogP contribution in [0.1, 0.15) is 32.6 Å². The number of hydrogen-bond acceptors (Lipinski definition) is 4. The summed E-state index contributed by atoms with van der Waals surface area (Å²) in [5.41, 5.74) is -0.378. The van der Waals surface area contributed by atoms with Crippen molar-refractivity contribution in [3.63, 3.8) is 0 Å². The lowest BCUT2D eigenvalue weighted by molar-refractivity contribution is -0.127. The maximum atomic E-state index is 12.5. The number of anilines is 1. The number of pyridine rings is 1. The highest BCUT2D eigenvalue weighted by Crippen LogP contribution is 2.33. The number of rotatable bonds is 4. The number of nitrogens with zero attached hydrogens (tertiary/aromatic N) is 1. The van der Waals surface area contributed by atoms with Crippen LogP contribution in [-0.2, 0) is 4.79 Å². The highest BCUT2D eigenvalue weighted by Gasteiger charge is 2.39. The van der Waals surface area contributed by atoms with E-state index >= 15 is 0 Å². The van der Waals surface area contributed by atoms with Gasteiger partial charge in [0.1, 0.15) is 0 Å². The van der Waals surface area contributed by atoms with Gasteiger partial charge in [0.15, 0.2) is 11.6 Å². The van der Waals surface area contributed by atoms with Crippen LogP contribution in [0.25, 0.3) is 0 Å². The number of aromatic nitrogens is 1. The van der Waals surface area contributed by atoms with Gasteiger partial charge in [0, 0.05) is 12.7 Å². The highest BCUT2D eigenvalue weighted by atomic mass is 16.3. The van der Waals surface area contributed by atoms with Crippen molar-refractivity contribution < 1.29 is 9.90 Å². The fourth-order valence-corrected chi connectivity index (χ4v) is 2.70. The second-order valence-electron chi connectivity index (χ2n) is 5.14. The molecule has 0 spiro atoms. The lowest BCUT2D eigenvalue weighted by atomic mass is 9.76. The minimum Gasteiger partial charge on any atom is -0.504 e. The van der Waals surface area contributed by atoms with E-state index in [4.69, 9.17) is 0 Å². The Hall–Kier alpha value is -1.62. The van der Waals surface area contributed by atoms with Gasteiger partial charge in [-0.1, -0.05) is 13.3 Å². The van der Waals surface area contributed by atoms with Crippen LogP contribution in [0.15, 0.2) is 18.3 Å². The summed E-state index contributed by atoms with van der Waals surface area (Å²) < 4.78 is 0. The second-order valence-corrected chi connectivity index (χ2v) is 5.14. The van der Waals surface area contributed by atoms with Crippen molar-refractivity contribution in [3.05, 3.63) is 18.3 Å². The molecule has 0 aromatic carbocycles. The molecule has 1 unspecified atom stereocenters. The van der Waals surface area contributed by atoms with Crippen LogP contribution >= 0.6 is 0 Å². The van der Waals surface area contributed by atoms with Gasteiger partial charge in [0.25, 0.3) is 0 Å². The molecule has 5 heteroatoms. The fraction of sp³-hybridized carbons (Fsp3) is 0.571. The van der Waals surface area contributed by atoms with Crippen molar-refractivity contribution in [2.24, 2.45) is 5.41 Å². The number of nitrogens with one attached hydrogen (secondary N) is 2. The average Bonchev–Trinajstić information content (AvgIpc) is 2.42. The molecule has 1 atom stereocenters. The predicted octanol–water partition coefficient (Wildman–Crippen LogP) is 1.90. The molecule has 2 rings (SSSR count). The Morgan fingerprint density at radius 2 is 2.47 bits per heavy atom. The average molecular weight is 263 g/mol. The molecule has 0 bridgehead atoms. The summed E-state index contributed by atoms with van der Waals surface area (Å²) >= 11 is 0. The summed E-state index contributed by atoms with van der Waals surface area (Å²) in [5, 5.41) is 15.7. The normalized spacial score (nSPS) is 23.0. The predicted molar refractivity (Wildman–Crippen MR) is 74.0 cm³/mol. The third kappa shape index (κ3) is 3.04. The van der Waals surface area contributed by atoms with Crippen LogP contribution in [0.3, 0.4) is 0 Å². The Balaban J connectivity index is 2.14. The van der Waals surface area contributed by atoms with Crippen molar-refractivity contribution in [2.75, 3.05) is 18.4 Å². The number of carbonyl (C=O) groups excluding carboxylic acids is 1. The van der Waals surface area contributed by atoms with Crippen molar-refractivity contribution >= 4 is 11.7 Å². The monoisotopic (exact) mass is 263 g/mol. The number of amides is 1. The van der Waals surface area contributed by atoms with E-state index in [1.54, 1.807) is 12.3 Å². The first-order valence-electron chi connectivity index (χ1n) is 6.84. The number of aromatic hydroxyl groups is 1. The highest BCUT2D eigenvalue weighted by molar-refractivity contribution is 5.95. The quantitative estimate of drug-likeness (QED) is 0.775. The zero-order valence-electron chi connectivity index (χ0n) is 11.3. The molecule has 0 radical (unpaired) electrons. The summed E-state index contributed by atoms with van der Waals surface area (Å²) in [5.74, 6) is 0.204. The van der Waals surface area contributed by atoms with E-state index in [1.807, 2.05) is 0 Å². The first-order chi connectivity index (χ1) is 9.18.